The monoisotopic (exact) mass is 260 g/mol. The Labute approximate surface area is 119 Å². The fourth-order valence-electron chi connectivity index (χ4n) is 2.24. The number of nitrogens with one attached hydrogen (secondary N) is 1. The molecule has 0 fully saturated rings. The van der Waals surface area contributed by atoms with Crippen molar-refractivity contribution in [3.8, 4) is 0 Å². The summed E-state index contributed by atoms with van der Waals surface area (Å²) in [6.07, 6.45) is 7.74. The van der Waals surface area contributed by atoms with Crippen molar-refractivity contribution in [1.82, 2.24) is 5.32 Å². The van der Waals surface area contributed by atoms with Crippen LogP contribution in [0, 0.1) is 12.0 Å². The Kier molecular flexibility index (Phi) is 8.57. The van der Waals surface area contributed by atoms with Gasteiger partial charge in [0.05, 0.1) is 0 Å². The van der Waals surface area contributed by atoms with Crippen LogP contribution in [0.1, 0.15) is 64.0 Å². The Bertz CT molecular complexity index is 330. The topological polar surface area (TPSA) is 12.0 Å². The van der Waals surface area contributed by atoms with E-state index in [-0.39, 0.29) is 0 Å². The van der Waals surface area contributed by atoms with Crippen molar-refractivity contribution in [2.24, 2.45) is 5.92 Å². The molecule has 1 heteroatoms. The van der Waals surface area contributed by atoms with Gasteiger partial charge in [-0.25, -0.2) is 0 Å². The highest BCUT2D eigenvalue weighted by Gasteiger charge is 2.03. The first-order valence-corrected chi connectivity index (χ1v) is 7.93. The van der Waals surface area contributed by atoms with E-state index in [1.54, 1.807) is 0 Å². The average Bonchev–Trinajstić information content (AvgIpc) is 2.41. The maximum Gasteiger partial charge on any atom is 0.0208 e. The van der Waals surface area contributed by atoms with Crippen molar-refractivity contribution in [2.75, 3.05) is 6.54 Å². The Morgan fingerprint density at radius 2 is 2.05 bits per heavy atom. The van der Waals surface area contributed by atoms with E-state index in [2.05, 4.69) is 44.3 Å². The molecule has 0 aliphatic heterocycles. The first-order chi connectivity index (χ1) is 9.24. The predicted molar refractivity (Wildman–Crippen MR) is 84.3 cm³/mol. The van der Waals surface area contributed by atoms with Crippen molar-refractivity contribution in [2.45, 2.75) is 65.8 Å². The normalized spacial score (nSPS) is 11.2. The van der Waals surface area contributed by atoms with Crippen LogP contribution in [0.4, 0.5) is 0 Å². The van der Waals surface area contributed by atoms with Crippen molar-refractivity contribution in [3.05, 3.63) is 35.4 Å². The fraction of sp³-hybridized carbons (Fsp3) is 0.667. The molecule has 1 aromatic rings. The molecule has 0 aliphatic rings. The zero-order valence-electron chi connectivity index (χ0n) is 13.0. The molecule has 19 heavy (non-hydrogen) atoms. The molecule has 0 atom stereocenters. The number of unbranched alkanes of at least 4 members (excludes halogenated alkanes) is 3. The molecule has 1 nitrogen and oxygen atoms in total. The summed E-state index contributed by atoms with van der Waals surface area (Å²) in [5.41, 5.74) is 2.83. The molecule has 0 heterocycles. The Balaban J connectivity index is 2.31. The van der Waals surface area contributed by atoms with E-state index in [0.29, 0.717) is 0 Å². The molecule has 0 bridgehead atoms. The lowest BCUT2D eigenvalue weighted by atomic mass is 9.98. The maximum atomic E-state index is 3.57. The maximum absolute atomic E-state index is 3.57. The summed E-state index contributed by atoms with van der Waals surface area (Å²) in [6.45, 7) is 8.97. The van der Waals surface area contributed by atoms with Crippen molar-refractivity contribution in [1.29, 1.82) is 0 Å². The van der Waals surface area contributed by atoms with Crippen LogP contribution < -0.4 is 5.32 Å². The van der Waals surface area contributed by atoms with Crippen molar-refractivity contribution >= 4 is 0 Å². The van der Waals surface area contributed by atoms with E-state index in [9.17, 15) is 0 Å². The minimum atomic E-state index is 0.767. The fourth-order valence-corrected chi connectivity index (χ4v) is 2.24. The third-order valence-corrected chi connectivity index (χ3v) is 3.53. The highest BCUT2D eigenvalue weighted by molar-refractivity contribution is 5.26. The van der Waals surface area contributed by atoms with Gasteiger partial charge < -0.3 is 5.32 Å². The summed E-state index contributed by atoms with van der Waals surface area (Å²) in [6, 6.07) is 9.80. The van der Waals surface area contributed by atoms with Gasteiger partial charge in [-0.15, -0.1) is 0 Å². The highest BCUT2D eigenvalue weighted by atomic mass is 14.8. The van der Waals surface area contributed by atoms with E-state index < -0.39 is 0 Å². The van der Waals surface area contributed by atoms with Gasteiger partial charge in [0.25, 0.3) is 0 Å². The number of aryl methyl sites for hydroxylation is 1. The lowest BCUT2D eigenvalue weighted by Crippen LogP contribution is -2.16. The lowest BCUT2D eigenvalue weighted by molar-refractivity contribution is 0.576. The molecule has 0 spiro atoms. The quantitative estimate of drug-likeness (QED) is 0.599. The Morgan fingerprint density at radius 3 is 2.79 bits per heavy atom. The molecule has 0 aliphatic carbocycles. The van der Waals surface area contributed by atoms with E-state index >= 15 is 0 Å². The van der Waals surface area contributed by atoms with Crippen LogP contribution in [0.3, 0.4) is 0 Å². The third kappa shape index (κ3) is 7.37. The number of rotatable bonds is 10. The molecular formula is C18H30N. The van der Waals surface area contributed by atoms with Crippen LogP contribution in [0.2, 0.25) is 0 Å². The highest BCUT2D eigenvalue weighted by Crippen LogP contribution is 2.13. The summed E-state index contributed by atoms with van der Waals surface area (Å²) in [7, 11) is 0. The molecule has 1 aromatic carbocycles. The molecule has 0 saturated heterocycles. The second-order valence-electron chi connectivity index (χ2n) is 5.84. The molecular weight excluding hydrogens is 230 g/mol. The molecule has 0 aromatic heterocycles. The zero-order chi connectivity index (χ0) is 13.9. The van der Waals surface area contributed by atoms with Crippen LogP contribution in [-0.2, 0) is 13.0 Å². The number of hydrogen-bond acceptors (Lipinski definition) is 1. The molecule has 1 rings (SSSR count). The summed E-state index contributed by atoms with van der Waals surface area (Å²) < 4.78 is 0. The van der Waals surface area contributed by atoms with E-state index in [4.69, 9.17) is 0 Å². The number of hydrogen-bond donors (Lipinski definition) is 1. The summed E-state index contributed by atoms with van der Waals surface area (Å²) in [4.78, 5) is 0. The van der Waals surface area contributed by atoms with Gasteiger partial charge in [0.15, 0.2) is 0 Å². The average molecular weight is 260 g/mol. The summed E-state index contributed by atoms with van der Waals surface area (Å²) in [5.74, 6) is 0.767. The Hall–Kier alpha value is -0.820. The third-order valence-electron chi connectivity index (χ3n) is 3.53. The lowest BCUT2D eigenvalue weighted by Gasteiger charge is -2.11. The van der Waals surface area contributed by atoms with Gasteiger partial charge in [0, 0.05) is 6.54 Å². The summed E-state index contributed by atoms with van der Waals surface area (Å²) >= 11 is 0. The van der Waals surface area contributed by atoms with Crippen LogP contribution in [-0.4, -0.2) is 6.54 Å². The number of benzene rings is 1. The van der Waals surface area contributed by atoms with Gasteiger partial charge in [0.1, 0.15) is 0 Å². The first-order valence-electron chi connectivity index (χ1n) is 7.93. The van der Waals surface area contributed by atoms with Crippen LogP contribution in [0.5, 0.6) is 0 Å². The van der Waals surface area contributed by atoms with Gasteiger partial charge in [0.2, 0.25) is 0 Å². The standard InChI is InChI=1S/C18H30N/c1-4-5-6-9-14-19-15-18-11-8-7-10-17(18)13-12-16(2)3/h7-8,11,16,19H,4-6,9,12-15H2,1-3H3. The zero-order valence-corrected chi connectivity index (χ0v) is 13.0. The van der Waals surface area contributed by atoms with Gasteiger partial charge in [-0.3, -0.25) is 0 Å². The van der Waals surface area contributed by atoms with Gasteiger partial charge in [-0.2, -0.15) is 0 Å². The Morgan fingerprint density at radius 1 is 1.21 bits per heavy atom. The SMILES string of the molecule is CCCCCCNCc1ccc[c]c1CCC(C)C. The van der Waals surface area contributed by atoms with Gasteiger partial charge in [-0.1, -0.05) is 58.2 Å². The molecule has 1 N–H and O–H groups in total. The van der Waals surface area contributed by atoms with Gasteiger partial charge >= 0.3 is 0 Å². The molecule has 0 amide bonds. The molecule has 0 unspecified atom stereocenters. The predicted octanol–water partition coefficient (Wildman–Crippen LogP) is 4.75. The molecule has 107 valence electrons. The van der Waals surface area contributed by atoms with E-state index in [1.807, 2.05) is 6.07 Å². The van der Waals surface area contributed by atoms with Crippen molar-refractivity contribution < 1.29 is 0 Å². The second kappa shape index (κ2) is 10.0. The van der Waals surface area contributed by atoms with Gasteiger partial charge in [-0.05, 0) is 48.9 Å². The van der Waals surface area contributed by atoms with E-state index in [0.717, 1.165) is 25.4 Å². The largest absolute Gasteiger partial charge is 0.313 e. The van der Waals surface area contributed by atoms with Crippen molar-refractivity contribution in [3.63, 3.8) is 0 Å². The van der Waals surface area contributed by atoms with Crippen LogP contribution in [0.25, 0.3) is 0 Å². The molecule has 0 saturated carbocycles. The minimum Gasteiger partial charge on any atom is -0.313 e. The smallest absolute Gasteiger partial charge is 0.0208 e. The van der Waals surface area contributed by atoms with E-state index in [1.165, 1.54) is 43.2 Å². The second-order valence-corrected chi connectivity index (χ2v) is 5.84. The molecule has 1 radical (unpaired) electrons. The first kappa shape index (κ1) is 16.2. The summed E-state index contributed by atoms with van der Waals surface area (Å²) in [5, 5.41) is 3.57. The van der Waals surface area contributed by atoms with Crippen LogP contribution in [0.15, 0.2) is 18.2 Å². The van der Waals surface area contributed by atoms with Crippen LogP contribution >= 0.6 is 0 Å². The minimum absolute atomic E-state index is 0.767.